The third kappa shape index (κ3) is 2.30. The van der Waals surface area contributed by atoms with Crippen LogP contribution in [0.4, 0.5) is 0 Å². The molecule has 2 aromatic rings. The Morgan fingerprint density at radius 3 is 2.60 bits per heavy atom. The lowest BCUT2D eigenvalue weighted by molar-refractivity contribution is 0.319. The van der Waals surface area contributed by atoms with Crippen molar-refractivity contribution in [2.45, 2.75) is 23.9 Å². The zero-order valence-electron chi connectivity index (χ0n) is 11.1. The molecule has 2 heterocycles. The van der Waals surface area contributed by atoms with E-state index < -0.39 is 10.0 Å². The van der Waals surface area contributed by atoms with E-state index in [2.05, 4.69) is 4.98 Å². The van der Waals surface area contributed by atoms with E-state index in [9.17, 15) is 8.42 Å². The topological polar surface area (TPSA) is 76.3 Å². The molecule has 0 atom stereocenters. The first-order valence-corrected chi connectivity index (χ1v) is 8.12. The number of pyridine rings is 1. The number of nitrogens with two attached hydrogens (primary N) is 1. The van der Waals surface area contributed by atoms with Crippen LogP contribution in [0.5, 0.6) is 0 Å². The van der Waals surface area contributed by atoms with Crippen LogP contribution in [0.1, 0.15) is 12.8 Å². The smallest absolute Gasteiger partial charge is 0.261 e. The molecule has 0 radical (unpaired) electrons. The van der Waals surface area contributed by atoms with Crippen LogP contribution in [0.15, 0.2) is 41.6 Å². The van der Waals surface area contributed by atoms with Gasteiger partial charge in [-0.05, 0) is 24.3 Å². The predicted molar refractivity (Wildman–Crippen MR) is 77.7 cm³/mol. The fraction of sp³-hybridized carbons (Fsp3) is 0.357. The highest BCUT2D eigenvalue weighted by Gasteiger charge is 2.30. The van der Waals surface area contributed by atoms with Gasteiger partial charge in [0.15, 0.2) is 5.03 Å². The molecule has 1 aliphatic heterocycles. The van der Waals surface area contributed by atoms with Gasteiger partial charge in [0, 0.05) is 30.7 Å². The fourth-order valence-corrected chi connectivity index (χ4v) is 4.13. The summed E-state index contributed by atoms with van der Waals surface area (Å²) < 4.78 is 27.0. The molecule has 20 heavy (non-hydrogen) atoms. The molecule has 0 bridgehead atoms. The van der Waals surface area contributed by atoms with Gasteiger partial charge in [-0.2, -0.15) is 4.31 Å². The summed E-state index contributed by atoms with van der Waals surface area (Å²) in [5.74, 6) is 0. The number of rotatable bonds is 2. The standard InChI is InChI=1S/C14H17N3O2S/c15-12-6-9-17(10-7-12)20(18,19)14-13-4-2-1-3-11(13)5-8-16-14/h1-5,8,12H,6-7,9-10,15H2. The van der Waals surface area contributed by atoms with Crippen LogP contribution in [0.25, 0.3) is 10.8 Å². The zero-order chi connectivity index (χ0) is 14.2. The molecule has 5 nitrogen and oxygen atoms in total. The highest BCUT2D eigenvalue weighted by atomic mass is 32.2. The molecule has 106 valence electrons. The van der Waals surface area contributed by atoms with Crippen molar-refractivity contribution in [3.8, 4) is 0 Å². The van der Waals surface area contributed by atoms with Crippen LogP contribution in [0, 0.1) is 0 Å². The Morgan fingerprint density at radius 1 is 1.15 bits per heavy atom. The number of fused-ring (bicyclic) bond motifs is 1. The van der Waals surface area contributed by atoms with Gasteiger partial charge in [-0.1, -0.05) is 24.3 Å². The Kier molecular flexibility index (Phi) is 3.45. The number of nitrogens with zero attached hydrogens (tertiary/aromatic N) is 2. The number of piperidine rings is 1. The number of hydrogen-bond acceptors (Lipinski definition) is 4. The van der Waals surface area contributed by atoms with E-state index in [1.165, 1.54) is 4.31 Å². The third-order valence-electron chi connectivity index (χ3n) is 3.72. The van der Waals surface area contributed by atoms with E-state index in [0.717, 1.165) is 5.39 Å². The van der Waals surface area contributed by atoms with Crippen molar-refractivity contribution >= 4 is 20.8 Å². The summed E-state index contributed by atoms with van der Waals surface area (Å²) in [7, 11) is -3.55. The van der Waals surface area contributed by atoms with Crippen LogP contribution < -0.4 is 5.73 Å². The van der Waals surface area contributed by atoms with Crippen molar-refractivity contribution in [1.82, 2.24) is 9.29 Å². The second-order valence-corrected chi connectivity index (χ2v) is 6.93. The molecule has 1 aromatic carbocycles. The fourth-order valence-electron chi connectivity index (χ4n) is 2.54. The van der Waals surface area contributed by atoms with Crippen LogP contribution in [0.3, 0.4) is 0 Å². The minimum Gasteiger partial charge on any atom is -0.328 e. The first kappa shape index (κ1) is 13.5. The lowest BCUT2D eigenvalue weighted by atomic mass is 10.1. The Hall–Kier alpha value is -1.50. The van der Waals surface area contributed by atoms with Gasteiger partial charge in [0.1, 0.15) is 0 Å². The first-order chi connectivity index (χ1) is 9.59. The van der Waals surface area contributed by atoms with Crippen molar-refractivity contribution in [1.29, 1.82) is 0 Å². The van der Waals surface area contributed by atoms with Gasteiger partial charge in [0.25, 0.3) is 10.0 Å². The highest BCUT2D eigenvalue weighted by Crippen LogP contribution is 2.25. The van der Waals surface area contributed by atoms with E-state index >= 15 is 0 Å². The maximum Gasteiger partial charge on any atom is 0.261 e. The summed E-state index contributed by atoms with van der Waals surface area (Å²) in [6.45, 7) is 0.933. The minimum absolute atomic E-state index is 0.0990. The van der Waals surface area contributed by atoms with E-state index in [1.54, 1.807) is 12.3 Å². The summed E-state index contributed by atoms with van der Waals surface area (Å²) in [6, 6.07) is 9.32. The van der Waals surface area contributed by atoms with Crippen molar-refractivity contribution in [2.24, 2.45) is 5.73 Å². The van der Waals surface area contributed by atoms with Gasteiger partial charge in [-0.25, -0.2) is 13.4 Å². The van der Waals surface area contributed by atoms with E-state index in [4.69, 9.17) is 5.73 Å². The lowest BCUT2D eigenvalue weighted by Gasteiger charge is -2.29. The molecule has 2 N–H and O–H groups in total. The SMILES string of the molecule is NC1CCN(S(=O)(=O)c2nccc3ccccc23)CC1. The predicted octanol–water partition coefficient (Wildman–Crippen LogP) is 1.35. The molecule has 1 aromatic heterocycles. The summed E-state index contributed by atoms with van der Waals surface area (Å²) in [5.41, 5.74) is 5.83. The van der Waals surface area contributed by atoms with E-state index in [-0.39, 0.29) is 11.1 Å². The van der Waals surface area contributed by atoms with Crippen molar-refractivity contribution in [2.75, 3.05) is 13.1 Å². The lowest BCUT2D eigenvalue weighted by Crippen LogP contribution is -2.43. The van der Waals surface area contributed by atoms with Crippen molar-refractivity contribution in [3.63, 3.8) is 0 Å². The maximum atomic E-state index is 12.7. The van der Waals surface area contributed by atoms with Crippen LogP contribution >= 0.6 is 0 Å². The highest BCUT2D eigenvalue weighted by molar-refractivity contribution is 7.89. The molecule has 6 heteroatoms. The average Bonchev–Trinajstić information content (AvgIpc) is 2.47. The quantitative estimate of drug-likeness (QED) is 0.906. The Morgan fingerprint density at radius 2 is 1.85 bits per heavy atom. The van der Waals surface area contributed by atoms with Gasteiger partial charge in [0.05, 0.1) is 0 Å². The van der Waals surface area contributed by atoms with Gasteiger partial charge < -0.3 is 5.73 Å². The largest absolute Gasteiger partial charge is 0.328 e. The second kappa shape index (κ2) is 5.12. The molecular weight excluding hydrogens is 274 g/mol. The van der Waals surface area contributed by atoms with Crippen LogP contribution in [-0.4, -0.2) is 36.8 Å². The van der Waals surface area contributed by atoms with Crippen LogP contribution in [0.2, 0.25) is 0 Å². The molecule has 0 aliphatic carbocycles. The summed E-state index contributed by atoms with van der Waals surface area (Å²) in [6.07, 6.45) is 2.94. The monoisotopic (exact) mass is 291 g/mol. The van der Waals surface area contributed by atoms with Gasteiger partial charge in [-0.15, -0.1) is 0 Å². The van der Waals surface area contributed by atoms with Crippen molar-refractivity contribution in [3.05, 3.63) is 36.5 Å². The molecule has 3 rings (SSSR count). The maximum absolute atomic E-state index is 12.7. The number of sulfonamides is 1. The van der Waals surface area contributed by atoms with Gasteiger partial charge >= 0.3 is 0 Å². The number of aromatic nitrogens is 1. The van der Waals surface area contributed by atoms with E-state index in [1.807, 2.05) is 24.3 Å². The normalized spacial score (nSPS) is 18.4. The van der Waals surface area contributed by atoms with E-state index in [0.29, 0.717) is 31.3 Å². The number of benzene rings is 1. The molecule has 1 fully saturated rings. The number of hydrogen-bond donors (Lipinski definition) is 1. The third-order valence-corrected chi connectivity index (χ3v) is 5.58. The second-order valence-electron chi connectivity index (χ2n) is 5.08. The average molecular weight is 291 g/mol. The molecule has 1 aliphatic rings. The van der Waals surface area contributed by atoms with Crippen molar-refractivity contribution < 1.29 is 8.42 Å². The van der Waals surface area contributed by atoms with Gasteiger partial charge in [-0.3, -0.25) is 0 Å². The Balaban J connectivity index is 2.05. The first-order valence-electron chi connectivity index (χ1n) is 6.68. The molecule has 0 saturated carbocycles. The summed E-state index contributed by atoms with van der Waals surface area (Å²) in [4.78, 5) is 4.11. The molecule has 0 spiro atoms. The Bertz CT molecular complexity index is 717. The minimum atomic E-state index is -3.55. The molecule has 0 unspecified atom stereocenters. The van der Waals surface area contributed by atoms with Crippen LogP contribution in [-0.2, 0) is 10.0 Å². The molecule has 1 saturated heterocycles. The molecular formula is C14H17N3O2S. The summed E-state index contributed by atoms with van der Waals surface area (Å²) >= 11 is 0. The Labute approximate surface area is 118 Å². The van der Waals surface area contributed by atoms with Gasteiger partial charge in [0.2, 0.25) is 0 Å². The summed E-state index contributed by atoms with van der Waals surface area (Å²) in [5, 5.41) is 1.70. The zero-order valence-corrected chi connectivity index (χ0v) is 11.9. The molecule has 0 amide bonds.